The van der Waals surface area contributed by atoms with E-state index in [1.807, 2.05) is 48.5 Å². The largest absolute Gasteiger partial charge is 0.393 e. The van der Waals surface area contributed by atoms with Gasteiger partial charge in [-0.2, -0.15) is 0 Å². The molecule has 5 rings (SSSR count). The summed E-state index contributed by atoms with van der Waals surface area (Å²) in [6, 6.07) is 21.2. The lowest BCUT2D eigenvalue weighted by Crippen LogP contribution is -2.55. The molecule has 0 spiro atoms. The van der Waals surface area contributed by atoms with Gasteiger partial charge in [-0.3, -0.25) is 9.78 Å². The van der Waals surface area contributed by atoms with Crippen LogP contribution in [0.5, 0.6) is 0 Å². The summed E-state index contributed by atoms with van der Waals surface area (Å²) in [6.45, 7) is -1.05. The standard InChI is InChI=1S/C35H39FN4O5/c36-27-10-8-25(9-11-27)31(43)16-15-30-33(26-6-1-24(2-7-26)17-18-35(45,21-41)22-42)40(34(30)44)29-13-4-23(5-14-29)3-12-28-19-39-32(37)20-38-28/h1-2,4-11,13-14,19-20,30-31,33,41-43,45H,3,12,15-18,21-22H2,(H2,37,39)/t30-,31+,33-/m1/s1. The monoisotopic (exact) mass is 614 g/mol. The smallest absolute Gasteiger partial charge is 0.233 e. The second-order valence-electron chi connectivity index (χ2n) is 11.8. The number of nitrogens with two attached hydrogens (primary N) is 1. The maximum absolute atomic E-state index is 13.6. The minimum absolute atomic E-state index is 0.0313. The Bertz CT molecular complexity index is 1550. The van der Waals surface area contributed by atoms with Crippen LogP contribution in [0, 0.1) is 11.7 Å². The van der Waals surface area contributed by atoms with E-state index < -0.39 is 24.9 Å². The SMILES string of the molecule is Nc1cnc(CCc2ccc(N3C(=O)[C@H](CC[C@H](O)c4ccc(F)cc4)[C@H]3c3ccc(CCC(O)(CO)CO)cc3)cc2)cn1. The summed E-state index contributed by atoms with van der Waals surface area (Å²) in [4.78, 5) is 23.8. The Kier molecular flexibility index (Phi) is 10.2. The van der Waals surface area contributed by atoms with Crippen molar-refractivity contribution in [1.29, 1.82) is 0 Å². The van der Waals surface area contributed by atoms with Crippen LogP contribution >= 0.6 is 0 Å². The van der Waals surface area contributed by atoms with Crippen molar-refractivity contribution in [1.82, 2.24) is 9.97 Å². The molecule has 6 N–H and O–H groups in total. The van der Waals surface area contributed by atoms with Gasteiger partial charge in [-0.05, 0) is 85.0 Å². The molecule has 2 heterocycles. The number of carbonyl (C=O) groups excluding carboxylic acids is 1. The molecular formula is C35H39FN4O5. The summed E-state index contributed by atoms with van der Waals surface area (Å²) in [5.74, 6) is -0.383. The van der Waals surface area contributed by atoms with Gasteiger partial charge in [-0.25, -0.2) is 9.37 Å². The third kappa shape index (κ3) is 7.72. The van der Waals surface area contributed by atoms with Gasteiger partial charge in [0.25, 0.3) is 0 Å². The maximum Gasteiger partial charge on any atom is 0.233 e. The highest BCUT2D eigenvalue weighted by Crippen LogP contribution is 2.46. The number of β-lactam (4-membered cyclic amide) rings is 1. The summed E-state index contributed by atoms with van der Waals surface area (Å²) in [6.07, 6.45) is 5.30. The maximum atomic E-state index is 13.6. The first-order valence-electron chi connectivity index (χ1n) is 15.1. The summed E-state index contributed by atoms with van der Waals surface area (Å²) in [5.41, 5.74) is 9.26. The van der Waals surface area contributed by atoms with E-state index in [0.717, 1.165) is 34.5 Å². The van der Waals surface area contributed by atoms with Crippen LogP contribution in [0.1, 0.15) is 59.4 Å². The first-order valence-corrected chi connectivity index (χ1v) is 15.1. The quantitative estimate of drug-likeness (QED) is 0.134. The number of hydrogen-bond acceptors (Lipinski definition) is 8. The molecule has 9 nitrogen and oxygen atoms in total. The number of amides is 1. The lowest BCUT2D eigenvalue weighted by Gasteiger charge is -2.48. The molecule has 0 radical (unpaired) electrons. The number of aliphatic hydroxyl groups excluding tert-OH is 3. The Morgan fingerprint density at radius 2 is 1.51 bits per heavy atom. The van der Waals surface area contributed by atoms with Crippen LogP contribution in [0.2, 0.25) is 0 Å². The zero-order valence-electron chi connectivity index (χ0n) is 25.0. The van der Waals surface area contributed by atoms with E-state index >= 15 is 0 Å². The highest BCUT2D eigenvalue weighted by molar-refractivity contribution is 6.03. The van der Waals surface area contributed by atoms with Crippen molar-refractivity contribution in [2.75, 3.05) is 23.8 Å². The number of anilines is 2. The minimum atomic E-state index is -1.54. The van der Waals surface area contributed by atoms with Crippen LogP contribution in [0.4, 0.5) is 15.9 Å². The molecule has 1 aliphatic heterocycles. The number of hydrogen-bond donors (Lipinski definition) is 5. The van der Waals surface area contributed by atoms with Crippen LogP contribution in [0.15, 0.2) is 85.2 Å². The van der Waals surface area contributed by atoms with E-state index in [1.165, 1.54) is 12.1 Å². The Morgan fingerprint density at radius 1 is 0.867 bits per heavy atom. The normalized spacial score (nSPS) is 17.3. The Morgan fingerprint density at radius 3 is 2.13 bits per heavy atom. The van der Waals surface area contributed by atoms with Crippen LogP contribution < -0.4 is 10.6 Å². The molecule has 236 valence electrons. The van der Waals surface area contributed by atoms with E-state index in [1.54, 1.807) is 29.4 Å². The average molecular weight is 615 g/mol. The molecule has 0 unspecified atom stereocenters. The van der Waals surface area contributed by atoms with E-state index in [0.29, 0.717) is 37.1 Å². The molecule has 3 aromatic carbocycles. The number of aryl methyl sites for hydroxylation is 3. The van der Waals surface area contributed by atoms with Crippen molar-refractivity contribution in [3.05, 3.63) is 119 Å². The first kappa shape index (κ1) is 32.2. The number of nitrogens with zero attached hydrogens (tertiary/aromatic N) is 3. The summed E-state index contributed by atoms with van der Waals surface area (Å²) >= 11 is 0. The molecule has 1 saturated heterocycles. The van der Waals surface area contributed by atoms with E-state index in [9.17, 15) is 29.6 Å². The minimum Gasteiger partial charge on any atom is -0.393 e. The van der Waals surface area contributed by atoms with Crippen molar-refractivity contribution >= 4 is 17.4 Å². The number of aliphatic hydroxyl groups is 4. The van der Waals surface area contributed by atoms with Crippen LogP contribution in [-0.4, -0.2) is 55.1 Å². The Balaban J connectivity index is 1.31. The number of aromatic nitrogens is 2. The number of nitrogen functional groups attached to an aromatic ring is 1. The fourth-order valence-corrected chi connectivity index (χ4v) is 5.74. The number of rotatable bonds is 14. The number of benzene rings is 3. The third-order valence-corrected chi connectivity index (χ3v) is 8.62. The Hall–Kier alpha value is -4.22. The summed E-state index contributed by atoms with van der Waals surface area (Å²) < 4.78 is 13.4. The van der Waals surface area contributed by atoms with Gasteiger partial charge in [0.15, 0.2) is 0 Å². The van der Waals surface area contributed by atoms with Crippen molar-refractivity contribution < 1.29 is 29.6 Å². The lowest BCUT2D eigenvalue weighted by atomic mass is 9.78. The second-order valence-corrected chi connectivity index (χ2v) is 11.8. The van der Waals surface area contributed by atoms with Crippen molar-refractivity contribution in [3.63, 3.8) is 0 Å². The molecule has 0 bridgehead atoms. The molecule has 3 atom stereocenters. The highest BCUT2D eigenvalue weighted by atomic mass is 19.1. The molecule has 4 aromatic rings. The molecule has 1 aliphatic rings. The van der Waals surface area contributed by atoms with E-state index in [2.05, 4.69) is 9.97 Å². The molecule has 0 aliphatic carbocycles. The van der Waals surface area contributed by atoms with Gasteiger partial charge in [-0.15, -0.1) is 0 Å². The van der Waals surface area contributed by atoms with Crippen molar-refractivity contribution in [3.8, 4) is 0 Å². The predicted molar refractivity (Wildman–Crippen MR) is 168 cm³/mol. The third-order valence-electron chi connectivity index (χ3n) is 8.62. The number of halogens is 1. The molecule has 1 fully saturated rings. The van der Waals surface area contributed by atoms with Crippen LogP contribution in [0.25, 0.3) is 0 Å². The first-order chi connectivity index (χ1) is 21.7. The average Bonchev–Trinajstić information content (AvgIpc) is 3.07. The van der Waals surface area contributed by atoms with Gasteiger partial charge in [0.05, 0.1) is 49.4 Å². The molecule has 1 aromatic heterocycles. The fourth-order valence-electron chi connectivity index (χ4n) is 5.74. The second kappa shape index (κ2) is 14.3. The highest BCUT2D eigenvalue weighted by Gasteiger charge is 2.48. The van der Waals surface area contributed by atoms with Gasteiger partial charge in [0.2, 0.25) is 5.91 Å². The Labute approximate surface area is 261 Å². The van der Waals surface area contributed by atoms with Crippen LogP contribution in [0.3, 0.4) is 0 Å². The zero-order chi connectivity index (χ0) is 32.0. The van der Waals surface area contributed by atoms with Crippen molar-refractivity contribution in [2.45, 2.75) is 56.3 Å². The van der Waals surface area contributed by atoms with Gasteiger partial charge in [-0.1, -0.05) is 48.5 Å². The molecule has 45 heavy (non-hydrogen) atoms. The van der Waals surface area contributed by atoms with Gasteiger partial charge >= 0.3 is 0 Å². The van der Waals surface area contributed by atoms with E-state index in [4.69, 9.17) is 5.73 Å². The number of carbonyl (C=O) groups is 1. The molecule has 1 amide bonds. The van der Waals surface area contributed by atoms with E-state index in [-0.39, 0.29) is 30.1 Å². The zero-order valence-corrected chi connectivity index (χ0v) is 25.0. The topological polar surface area (TPSA) is 153 Å². The van der Waals surface area contributed by atoms with Gasteiger partial charge in [0, 0.05) is 5.69 Å². The predicted octanol–water partition coefficient (Wildman–Crippen LogP) is 3.85. The summed E-state index contributed by atoms with van der Waals surface area (Å²) in [7, 11) is 0. The summed E-state index contributed by atoms with van der Waals surface area (Å²) in [5, 5.41) is 39.8. The lowest BCUT2D eigenvalue weighted by molar-refractivity contribution is -0.131. The molecule has 10 heteroatoms. The van der Waals surface area contributed by atoms with Gasteiger partial charge < -0.3 is 31.1 Å². The van der Waals surface area contributed by atoms with Gasteiger partial charge in [0.1, 0.15) is 17.2 Å². The fraction of sp³-hybridized carbons (Fsp3) is 0.343. The molecular weight excluding hydrogens is 575 g/mol. The van der Waals surface area contributed by atoms with Crippen LogP contribution in [-0.2, 0) is 24.1 Å². The van der Waals surface area contributed by atoms with Crippen molar-refractivity contribution in [2.24, 2.45) is 5.92 Å². The molecule has 0 saturated carbocycles.